The Kier molecular flexibility index (Phi) is 8.46. The lowest BCUT2D eigenvalue weighted by molar-refractivity contribution is -0.142. The smallest absolute Gasteiger partial charge is 0.355 e. The Morgan fingerprint density at radius 2 is 1.67 bits per heavy atom. The summed E-state index contributed by atoms with van der Waals surface area (Å²) in [6.45, 7) is 5.23. The largest absolute Gasteiger partial charge is 0.497 e. The summed E-state index contributed by atoms with van der Waals surface area (Å²) in [5.74, 6) is 0.0248. The minimum atomic E-state index is -0.522. The Balaban J connectivity index is 1.77. The molecule has 0 atom stereocenters. The normalized spacial score (nSPS) is 10.4. The lowest BCUT2D eigenvalue weighted by atomic mass is 10.1. The molecule has 8 heteroatoms. The number of carbonyl (C=O) groups excluding carboxylic acids is 3. The van der Waals surface area contributed by atoms with Crippen molar-refractivity contribution in [3.63, 3.8) is 0 Å². The minimum absolute atomic E-state index is 0.128. The molecule has 1 heterocycles. The molecule has 1 aromatic carbocycles. The molecule has 162 valence electrons. The summed E-state index contributed by atoms with van der Waals surface area (Å²) in [4.78, 5) is 39.2. The van der Waals surface area contributed by atoms with Gasteiger partial charge in [0.25, 0.3) is 0 Å². The van der Waals surface area contributed by atoms with Gasteiger partial charge in [0.2, 0.25) is 5.78 Å². The van der Waals surface area contributed by atoms with Crippen LogP contribution in [0, 0.1) is 13.8 Å². The summed E-state index contributed by atoms with van der Waals surface area (Å²) < 4.78 is 20.7. The van der Waals surface area contributed by atoms with Crippen molar-refractivity contribution < 1.29 is 33.3 Å². The molecule has 2 rings (SSSR count). The number of rotatable bonds is 11. The van der Waals surface area contributed by atoms with Crippen LogP contribution < -0.4 is 9.47 Å². The number of carbonyl (C=O) groups is 3. The number of hydrogen-bond donors (Lipinski definition) is 1. The number of Topliss-reactive ketones (excluding diaryl/α,β-unsaturated/α-hetero) is 1. The first-order chi connectivity index (χ1) is 14.4. The molecule has 0 radical (unpaired) electrons. The van der Waals surface area contributed by atoms with Gasteiger partial charge in [-0.2, -0.15) is 0 Å². The van der Waals surface area contributed by atoms with Crippen LogP contribution in [0.5, 0.6) is 11.5 Å². The Labute approximate surface area is 175 Å². The molecule has 0 aliphatic carbocycles. The van der Waals surface area contributed by atoms with Crippen LogP contribution in [0.2, 0.25) is 0 Å². The van der Waals surface area contributed by atoms with E-state index >= 15 is 0 Å². The highest BCUT2D eigenvalue weighted by molar-refractivity contribution is 6.03. The molecule has 0 unspecified atom stereocenters. The Morgan fingerprint density at radius 1 is 1.00 bits per heavy atom. The van der Waals surface area contributed by atoms with Gasteiger partial charge in [-0.25, -0.2) is 4.79 Å². The van der Waals surface area contributed by atoms with E-state index in [1.54, 1.807) is 52.1 Å². The number of ketones is 1. The van der Waals surface area contributed by atoms with Crippen LogP contribution in [-0.2, 0) is 14.3 Å². The van der Waals surface area contributed by atoms with Crippen molar-refractivity contribution in [3.05, 3.63) is 46.8 Å². The van der Waals surface area contributed by atoms with Crippen molar-refractivity contribution in [2.75, 3.05) is 26.9 Å². The van der Waals surface area contributed by atoms with Gasteiger partial charge in [-0.05, 0) is 57.0 Å². The zero-order valence-electron chi connectivity index (χ0n) is 17.7. The van der Waals surface area contributed by atoms with Crippen molar-refractivity contribution in [1.29, 1.82) is 0 Å². The third kappa shape index (κ3) is 6.10. The second-order valence-corrected chi connectivity index (χ2v) is 6.56. The fraction of sp³-hybridized carbons (Fsp3) is 0.409. The van der Waals surface area contributed by atoms with Crippen molar-refractivity contribution in [2.45, 2.75) is 33.6 Å². The Bertz CT molecular complexity index is 884. The Morgan fingerprint density at radius 3 is 2.30 bits per heavy atom. The average Bonchev–Trinajstić information content (AvgIpc) is 3.04. The number of aromatic amines is 1. The second-order valence-electron chi connectivity index (χ2n) is 6.56. The molecule has 1 N–H and O–H groups in total. The molecule has 0 saturated carbocycles. The lowest BCUT2D eigenvalue weighted by Crippen LogP contribution is -2.16. The van der Waals surface area contributed by atoms with E-state index < -0.39 is 11.9 Å². The van der Waals surface area contributed by atoms with Gasteiger partial charge in [0, 0.05) is 17.7 Å². The van der Waals surface area contributed by atoms with Crippen LogP contribution in [0.25, 0.3) is 0 Å². The van der Waals surface area contributed by atoms with Crippen LogP contribution >= 0.6 is 0 Å². The number of hydrogen-bond acceptors (Lipinski definition) is 7. The SMILES string of the molecule is CCOC(=O)c1[nH]c(C)c(C(=O)COC(=O)CCCOc2ccc(OC)cc2)c1C. The number of H-pyrrole nitrogens is 1. The van der Waals surface area contributed by atoms with Gasteiger partial charge in [0.05, 0.1) is 20.3 Å². The first kappa shape index (κ1) is 23.0. The molecule has 30 heavy (non-hydrogen) atoms. The summed E-state index contributed by atoms with van der Waals surface area (Å²) in [6.07, 6.45) is 0.580. The van der Waals surface area contributed by atoms with Crippen LogP contribution in [0.1, 0.15) is 51.9 Å². The second kappa shape index (κ2) is 11.0. The van der Waals surface area contributed by atoms with Gasteiger partial charge < -0.3 is 23.9 Å². The van der Waals surface area contributed by atoms with Gasteiger partial charge in [-0.1, -0.05) is 0 Å². The number of benzene rings is 1. The monoisotopic (exact) mass is 417 g/mol. The molecular formula is C22H27NO7. The molecule has 0 aliphatic heterocycles. The number of ether oxygens (including phenoxy) is 4. The molecule has 0 spiro atoms. The van der Waals surface area contributed by atoms with Gasteiger partial charge in [-0.3, -0.25) is 9.59 Å². The highest BCUT2D eigenvalue weighted by Gasteiger charge is 2.23. The fourth-order valence-electron chi connectivity index (χ4n) is 2.94. The molecule has 0 amide bonds. The first-order valence-corrected chi connectivity index (χ1v) is 9.69. The predicted molar refractivity (Wildman–Crippen MR) is 109 cm³/mol. The highest BCUT2D eigenvalue weighted by Crippen LogP contribution is 2.20. The molecule has 0 aliphatic rings. The third-order valence-corrected chi connectivity index (χ3v) is 4.41. The number of aromatic nitrogens is 1. The molecule has 1 aromatic heterocycles. The van der Waals surface area contributed by atoms with E-state index in [0.29, 0.717) is 35.6 Å². The molecule has 2 aromatic rings. The van der Waals surface area contributed by atoms with Gasteiger partial charge >= 0.3 is 11.9 Å². The average molecular weight is 417 g/mol. The van der Waals surface area contributed by atoms with Crippen molar-refractivity contribution >= 4 is 17.7 Å². The van der Waals surface area contributed by atoms with E-state index in [-0.39, 0.29) is 31.1 Å². The van der Waals surface area contributed by atoms with Gasteiger partial charge in [0.15, 0.2) is 6.61 Å². The molecule has 0 saturated heterocycles. The standard InChI is InChI=1S/C22H27NO7/c1-5-28-22(26)21-14(2)20(15(3)23-21)18(24)13-30-19(25)7-6-12-29-17-10-8-16(27-4)9-11-17/h8-11,23H,5-7,12-13H2,1-4H3. The topological polar surface area (TPSA) is 104 Å². The number of aryl methyl sites for hydroxylation is 1. The number of esters is 2. The molecule has 8 nitrogen and oxygen atoms in total. The minimum Gasteiger partial charge on any atom is -0.497 e. The fourth-order valence-corrected chi connectivity index (χ4v) is 2.94. The van der Waals surface area contributed by atoms with Crippen LogP contribution in [0.15, 0.2) is 24.3 Å². The quantitative estimate of drug-likeness (QED) is 0.339. The highest BCUT2D eigenvalue weighted by atomic mass is 16.5. The maximum Gasteiger partial charge on any atom is 0.355 e. The van der Waals surface area contributed by atoms with Crippen LogP contribution in [0.3, 0.4) is 0 Å². The van der Waals surface area contributed by atoms with Gasteiger partial charge in [-0.15, -0.1) is 0 Å². The van der Waals surface area contributed by atoms with Gasteiger partial charge in [0.1, 0.15) is 17.2 Å². The summed E-state index contributed by atoms with van der Waals surface area (Å²) in [5.41, 5.74) is 1.60. The van der Waals surface area contributed by atoms with E-state index in [1.165, 1.54) is 0 Å². The van der Waals surface area contributed by atoms with E-state index in [1.807, 2.05) is 0 Å². The summed E-state index contributed by atoms with van der Waals surface area (Å²) in [5, 5.41) is 0. The summed E-state index contributed by atoms with van der Waals surface area (Å²) in [6, 6.07) is 7.13. The maximum absolute atomic E-state index is 12.5. The van der Waals surface area contributed by atoms with E-state index in [9.17, 15) is 14.4 Å². The number of methoxy groups -OCH3 is 1. The zero-order chi connectivity index (χ0) is 22.1. The van der Waals surface area contributed by atoms with Crippen molar-refractivity contribution in [3.8, 4) is 11.5 Å². The van der Waals surface area contributed by atoms with E-state index in [2.05, 4.69) is 4.98 Å². The zero-order valence-corrected chi connectivity index (χ0v) is 17.7. The lowest BCUT2D eigenvalue weighted by Gasteiger charge is -2.08. The maximum atomic E-state index is 12.5. The van der Waals surface area contributed by atoms with Crippen LogP contribution in [-0.4, -0.2) is 49.6 Å². The third-order valence-electron chi connectivity index (χ3n) is 4.41. The molecular weight excluding hydrogens is 390 g/mol. The summed E-state index contributed by atoms with van der Waals surface area (Å²) >= 11 is 0. The van der Waals surface area contributed by atoms with E-state index in [0.717, 1.165) is 5.75 Å². The van der Waals surface area contributed by atoms with Crippen molar-refractivity contribution in [2.24, 2.45) is 0 Å². The first-order valence-electron chi connectivity index (χ1n) is 9.69. The summed E-state index contributed by atoms with van der Waals surface area (Å²) in [7, 11) is 1.59. The van der Waals surface area contributed by atoms with Crippen molar-refractivity contribution in [1.82, 2.24) is 4.98 Å². The molecule has 0 fully saturated rings. The predicted octanol–water partition coefficient (Wildman–Crippen LogP) is 3.40. The van der Waals surface area contributed by atoms with Crippen LogP contribution in [0.4, 0.5) is 0 Å². The number of nitrogens with one attached hydrogen (secondary N) is 1. The molecule has 0 bridgehead atoms. The Hall–Kier alpha value is -3.29. The van der Waals surface area contributed by atoms with E-state index in [4.69, 9.17) is 18.9 Å².